The summed E-state index contributed by atoms with van der Waals surface area (Å²) in [4.78, 5) is 10.0. The summed E-state index contributed by atoms with van der Waals surface area (Å²) in [5.41, 5.74) is 7.41. The second-order valence-electron chi connectivity index (χ2n) is 5.60. The predicted molar refractivity (Wildman–Crippen MR) is 96.4 cm³/mol. The normalized spacial score (nSPS) is 11.4. The van der Waals surface area contributed by atoms with Crippen molar-refractivity contribution >= 4 is 15.7 Å². The molecule has 0 radical (unpaired) electrons. The van der Waals surface area contributed by atoms with Gasteiger partial charge in [0, 0.05) is 25.2 Å². The summed E-state index contributed by atoms with van der Waals surface area (Å²) in [6.07, 6.45) is 1.69. The quantitative estimate of drug-likeness (QED) is 0.455. The van der Waals surface area contributed by atoms with E-state index in [1.165, 1.54) is 12.1 Å². The zero-order valence-electron chi connectivity index (χ0n) is 14.0. The highest BCUT2D eigenvalue weighted by atomic mass is 32.2. The number of hydrogen-bond acceptors (Lipinski definition) is 7. The average Bonchev–Trinajstić information content (AvgIpc) is 3.16. The van der Waals surface area contributed by atoms with Crippen molar-refractivity contribution in [1.29, 1.82) is 0 Å². The number of benzene rings is 2. The average molecular weight is 388 g/mol. The van der Waals surface area contributed by atoms with Crippen molar-refractivity contribution < 1.29 is 13.3 Å². The molecule has 2 aromatic carbocycles. The lowest BCUT2D eigenvalue weighted by molar-refractivity contribution is -0.384. The van der Waals surface area contributed by atoms with E-state index in [0.717, 1.165) is 12.1 Å². The Labute approximate surface area is 154 Å². The van der Waals surface area contributed by atoms with Crippen LogP contribution in [0.2, 0.25) is 0 Å². The van der Waals surface area contributed by atoms with E-state index in [-0.39, 0.29) is 23.7 Å². The van der Waals surface area contributed by atoms with Gasteiger partial charge in [-0.2, -0.15) is 0 Å². The second kappa shape index (κ2) is 7.61. The fourth-order valence-corrected chi connectivity index (χ4v) is 3.35. The summed E-state index contributed by atoms with van der Waals surface area (Å²) in [7, 11) is -3.80. The van der Waals surface area contributed by atoms with Crippen LogP contribution in [0.25, 0.3) is 5.69 Å². The number of nitro benzene ring substituents is 1. The van der Waals surface area contributed by atoms with Crippen LogP contribution in [0.4, 0.5) is 5.69 Å². The van der Waals surface area contributed by atoms with Crippen LogP contribution in [-0.2, 0) is 23.1 Å². The zero-order chi connectivity index (χ0) is 19.4. The summed E-state index contributed by atoms with van der Waals surface area (Å²) in [5, 5.41) is 18.5. The van der Waals surface area contributed by atoms with Crippen LogP contribution in [0, 0.1) is 10.1 Å². The lowest BCUT2D eigenvalue weighted by Crippen LogP contribution is -2.23. The van der Waals surface area contributed by atoms with Crippen LogP contribution in [0.5, 0.6) is 0 Å². The van der Waals surface area contributed by atoms with Crippen LogP contribution in [0.3, 0.4) is 0 Å². The summed E-state index contributed by atoms with van der Waals surface area (Å²) in [6.45, 7) is 0.320. The molecule has 3 rings (SSSR count). The minimum atomic E-state index is -3.80. The highest BCUT2D eigenvalue weighted by Gasteiger charge is 2.15. The minimum absolute atomic E-state index is 0.0472. The Kier molecular flexibility index (Phi) is 5.26. The molecule has 0 fully saturated rings. The maximum absolute atomic E-state index is 12.4. The molecule has 0 aliphatic heterocycles. The molecule has 0 unspecified atom stereocenters. The molecule has 1 heterocycles. The lowest BCUT2D eigenvalue weighted by Gasteiger charge is -2.08. The van der Waals surface area contributed by atoms with Crippen molar-refractivity contribution in [3.63, 3.8) is 0 Å². The first-order valence-corrected chi connectivity index (χ1v) is 9.32. The Hall–Kier alpha value is -3.15. The first-order valence-electron chi connectivity index (χ1n) is 7.84. The third-order valence-corrected chi connectivity index (χ3v) is 5.17. The van der Waals surface area contributed by atoms with Crippen LogP contribution in [0.1, 0.15) is 11.3 Å². The lowest BCUT2D eigenvalue weighted by atomic mass is 10.2. The van der Waals surface area contributed by atoms with Gasteiger partial charge in [0.05, 0.1) is 27.4 Å². The molecule has 11 heteroatoms. The highest BCUT2D eigenvalue weighted by Crippen LogP contribution is 2.16. The van der Waals surface area contributed by atoms with Gasteiger partial charge in [-0.25, -0.2) is 17.8 Å². The van der Waals surface area contributed by atoms with Gasteiger partial charge in [-0.15, -0.1) is 5.10 Å². The molecule has 0 saturated heterocycles. The van der Waals surface area contributed by atoms with E-state index >= 15 is 0 Å². The number of aromatic nitrogens is 3. The van der Waals surface area contributed by atoms with Crippen molar-refractivity contribution in [3.8, 4) is 5.69 Å². The van der Waals surface area contributed by atoms with Gasteiger partial charge in [0.25, 0.3) is 5.69 Å². The van der Waals surface area contributed by atoms with Crippen molar-refractivity contribution in [1.82, 2.24) is 19.7 Å². The van der Waals surface area contributed by atoms with E-state index in [4.69, 9.17) is 5.73 Å². The molecule has 0 aliphatic rings. The standard InChI is InChI=1S/C16H16N6O4S/c17-9-13-11-21(20-19-13)15-3-1-2-12(8-15)10-18-27(25,26)16-6-4-14(5-7-16)22(23)24/h1-8,11,18H,9-10,17H2. The Morgan fingerprint density at radius 1 is 1.19 bits per heavy atom. The molecule has 0 saturated carbocycles. The monoisotopic (exact) mass is 388 g/mol. The molecule has 0 spiro atoms. The molecule has 0 bridgehead atoms. The number of nitrogens with one attached hydrogen (secondary N) is 1. The predicted octanol–water partition coefficient (Wildman–Crippen LogP) is 1.11. The van der Waals surface area contributed by atoms with Crippen LogP contribution in [0.15, 0.2) is 59.6 Å². The molecular weight excluding hydrogens is 372 g/mol. The Morgan fingerprint density at radius 3 is 2.56 bits per heavy atom. The van der Waals surface area contributed by atoms with Crippen molar-refractivity contribution in [3.05, 3.63) is 76.1 Å². The number of sulfonamides is 1. The molecule has 27 heavy (non-hydrogen) atoms. The van der Waals surface area contributed by atoms with Gasteiger partial charge in [-0.05, 0) is 29.8 Å². The smallest absolute Gasteiger partial charge is 0.269 e. The van der Waals surface area contributed by atoms with Gasteiger partial charge in [-0.3, -0.25) is 10.1 Å². The Bertz CT molecular complexity index is 1060. The van der Waals surface area contributed by atoms with Gasteiger partial charge in [0.2, 0.25) is 10.0 Å². The highest BCUT2D eigenvalue weighted by molar-refractivity contribution is 7.89. The zero-order valence-corrected chi connectivity index (χ0v) is 14.8. The van der Waals surface area contributed by atoms with E-state index < -0.39 is 14.9 Å². The van der Waals surface area contributed by atoms with E-state index in [9.17, 15) is 18.5 Å². The summed E-state index contributed by atoms with van der Waals surface area (Å²) in [6, 6.07) is 11.8. The molecule has 10 nitrogen and oxygen atoms in total. The van der Waals surface area contributed by atoms with E-state index in [2.05, 4.69) is 15.0 Å². The van der Waals surface area contributed by atoms with Crippen LogP contribution < -0.4 is 10.5 Å². The van der Waals surface area contributed by atoms with Gasteiger partial charge < -0.3 is 5.73 Å². The first-order chi connectivity index (χ1) is 12.9. The van der Waals surface area contributed by atoms with Gasteiger partial charge >= 0.3 is 0 Å². The number of hydrogen-bond donors (Lipinski definition) is 2. The Balaban J connectivity index is 1.73. The molecule has 1 aromatic heterocycles. The Morgan fingerprint density at radius 2 is 1.93 bits per heavy atom. The molecule has 0 aliphatic carbocycles. The number of nitro groups is 1. The molecular formula is C16H16N6O4S. The molecule has 0 atom stereocenters. The fourth-order valence-electron chi connectivity index (χ4n) is 2.34. The first kappa shape index (κ1) is 18.6. The van der Waals surface area contributed by atoms with E-state index in [1.54, 1.807) is 29.1 Å². The summed E-state index contributed by atoms with van der Waals surface area (Å²) < 4.78 is 28.7. The fraction of sp³-hybridized carbons (Fsp3) is 0.125. The molecule has 0 amide bonds. The second-order valence-corrected chi connectivity index (χ2v) is 7.37. The van der Waals surface area contributed by atoms with Crippen molar-refractivity contribution in [2.75, 3.05) is 0 Å². The van der Waals surface area contributed by atoms with Gasteiger partial charge in [-0.1, -0.05) is 17.3 Å². The number of nitrogens with zero attached hydrogens (tertiary/aromatic N) is 4. The van der Waals surface area contributed by atoms with E-state index in [1.807, 2.05) is 6.07 Å². The number of nitrogens with two attached hydrogens (primary N) is 1. The van der Waals surface area contributed by atoms with Crippen molar-refractivity contribution in [2.24, 2.45) is 5.73 Å². The SMILES string of the molecule is NCc1cn(-c2cccc(CNS(=O)(=O)c3ccc([N+](=O)[O-])cc3)c2)nn1. The summed E-state index contributed by atoms with van der Waals surface area (Å²) >= 11 is 0. The molecule has 3 aromatic rings. The third kappa shape index (κ3) is 4.34. The van der Waals surface area contributed by atoms with Crippen LogP contribution >= 0.6 is 0 Å². The van der Waals surface area contributed by atoms with Gasteiger partial charge in [0.15, 0.2) is 0 Å². The minimum Gasteiger partial charge on any atom is -0.325 e. The third-order valence-electron chi connectivity index (χ3n) is 3.75. The topological polar surface area (TPSA) is 146 Å². The van der Waals surface area contributed by atoms with E-state index in [0.29, 0.717) is 16.9 Å². The molecule has 140 valence electrons. The summed E-state index contributed by atoms with van der Waals surface area (Å²) in [5.74, 6) is 0. The largest absolute Gasteiger partial charge is 0.325 e. The van der Waals surface area contributed by atoms with Gasteiger partial charge in [0.1, 0.15) is 0 Å². The maximum Gasteiger partial charge on any atom is 0.269 e. The maximum atomic E-state index is 12.4. The number of rotatable bonds is 7. The van der Waals surface area contributed by atoms with Crippen molar-refractivity contribution in [2.45, 2.75) is 18.0 Å². The number of non-ortho nitro benzene ring substituents is 1. The molecule has 3 N–H and O–H groups in total. The van der Waals surface area contributed by atoms with Crippen LogP contribution in [-0.4, -0.2) is 28.3 Å².